The van der Waals surface area contributed by atoms with Gasteiger partial charge in [-0.25, -0.2) is 28.8 Å². The van der Waals surface area contributed by atoms with E-state index in [1.54, 1.807) is 63.2 Å². The molecule has 5 heterocycles. The fraction of sp³-hybridized carbons (Fsp3) is 0.492. The number of imide groups is 2. The zero-order valence-corrected chi connectivity index (χ0v) is 63.0. The number of barbiturate groups is 1. The lowest BCUT2D eigenvalue weighted by Crippen LogP contribution is -2.52. The van der Waals surface area contributed by atoms with Crippen molar-refractivity contribution in [2.45, 2.75) is 149 Å². The molecule has 4 aromatic heterocycles. The van der Waals surface area contributed by atoms with Gasteiger partial charge in [-0.3, -0.25) is 84.8 Å². The van der Waals surface area contributed by atoms with Gasteiger partial charge in [-0.15, -0.1) is 51.9 Å². The van der Waals surface area contributed by atoms with Gasteiger partial charge in [-0.2, -0.15) is 0 Å². The third kappa shape index (κ3) is 42.7. The summed E-state index contributed by atoms with van der Waals surface area (Å²) in [4.78, 5) is 157. The van der Waals surface area contributed by atoms with Crippen LogP contribution in [0.25, 0.3) is 0 Å². The van der Waals surface area contributed by atoms with Gasteiger partial charge in [0.25, 0.3) is 22.2 Å². The quantitative estimate of drug-likeness (QED) is 0.0228. The van der Waals surface area contributed by atoms with Crippen molar-refractivity contribution >= 4 is 117 Å². The lowest BCUT2D eigenvalue weighted by molar-refractivity contribution is -0.136. The monoisotopic (exact) mass is 1560 g/mol. The van der Waals surface area contributed by atoms with Crippen molar-refractivity contribution in [3.8, 4) is 24.2 Å². The highest BCUT2D eigenvalue weighted by Gasteiger charge is 2.29. The molecule has 6 amide bonds. The average Bonchev–Trinajstić information content (AvgIpc) is 0.820. The van der Waals surface area contributed by atoms with Crippen LogP contribution in [0.3, 0.4) is 0 Å². The van der Waals surface area contributed by atoms with Gasteiger partial charge < -0.3 is 11.1 Å². The molecule has 0 saturated carbocycles. The first-order valence-electron chi connectivity index (χ1n) is 37.0. The number of carbonyl (C=O) groups is 6. The number of terminal acetylenes is 1. The first-order valence-corrected chi connectivity index (χ1v) is 34.7. The van der Waals surface area contributed by atoms with Crippen LogP contribution in [0.5, 0.6) is 0 Å². The van der Waals surface area contributed by atoms with Crippen LogP contribution in [0.2, 0.25) is 10.3 Å². The molecule has 1 aliphatic heterocycles. The number of amides is 6. The van der Waals surface area contributed by atoms with Gasteiger partial charge in [0, 0.05) is 106 Å². The SMILES string of the molecule is C.C#CC#CC.C=C(C)C.C=C(C)CCc1cc(=O)n(CC)c(=O)n1PC.CC(=O)CC(C)=O.CCN1C(=O)CC(=O)NC1=O.CCNC(N)=O.CCn1c(=O)cc(C)n(PC)c1=O.CCn1c(=O)cc(Cl)[nH]c1=O.CCn1c(=O)cc(Cl)n(PC)c1=O.CPC.[2HH].[2HH].[2HH].[2H]I.[2H][2H].[2H][2H].[2H][2H].[2H][2H].[2H][2H].[2H][2H].[2H][2H].[2H][2H].[2H][2H]. The Hall–Kier alpha value is -6.43. The van der Waals surface area contributed by atoms with E-state index in [4.69, 9.17) is 56.9 Å². The van der Waals surface area contributed by atoms with Crippen LogP contribution >= 0.6 is 81.8 Å². The molecular weight excluding hydrogens is 1420 g/mol. The highest BCUT2D eigenvalue weighted by atomic mass is 127. The van der Waals surface area contributed by atoms with Crippen molar-refractivity contribution < 1.29 is 59.8 Å². The molecular formula is C59H121Cl2IN12O14P4. The van der Waals surface area contributed by atoms with E-state index < -0.39 is 29.6 Å². The summed E-state index contributed by atoms with van der Waals surface area (Å²) in [5.41, 5.74) is 6.10. The third-order valence-corrected chi connectivity index (χ3v) is 13.4. The van der Waals surface area contributed by atoms with Crippen LogP contribution in [-0.2, 0) is 51.8 Å². The number of allylic oxidation sites excluding steroid dienone is 2. The summed E-state index contributed by atoms with van der Waals surface area (Å²) in [5, 5.41) is 4.67. The van der Waals surface area contributed by atoms with Gasteiger partial charge in [0.1, 0.15) is 28.9 Å². The predicted octanol–water partition coefficient (Wildman–Crippen LogP) is 10.0. The van der Waals surface area contributed by atoms with Crippen molar-refractivity contribution in [2.75, 3.05) is 46.4 Å². The Morgan fingerprint density at radius 1 is 0.707 bits per heavy atom. The first-order chi connectivity index (χ1) is 52.0. The summed E-state index contributed by atoms with van der Waals surface area (Å²) in [6.45, 7) is 42.6. The number of urea groups is 2. The number of nitrogens with two attached hydrogens (primary N) is 1. The number of nitrogens with zero attached hydrogens (tertiary/aromatic N) is 8. The molecule has 1 saturated heterocycles. The Bertz CT molecular complexity index is 3560. The summed E-state index contributed by atoms with van der Waals surface area (Å²) in [7, 11) is 2.03. The molecule has 1 fully saturated rings. The van der Waals surface area contributed by atoms with Crippen LogP contribution in [0.1, 0.15) is 152 Å². The minimum absolute atomic E-state index is 0. The van der Waals surface area contributed by atoms with Gasteiger partial charge in [0.2, 0.25) is 11.8 Å². The van der Waals surface area contributed by atoms with Crippen molar-refractivity contribution in [2.24, 2.45) is 5.73 Å². The topological polar surface area (TPSA) is 343 Å². The maximum Gasteiger partial charge on any atom is 0.335 e. The van der Waals surface area contributed by atoms with E-state index in [0.717, 1.165) is 46.0 Å². The Morgan fingerprint density at radius 3 is 1.41 bits per heavy atom. The minimum Gasteiger partial charge on any atom is -0.352 e. The number of aromatic amines is 1. The number of hydrogen-bond donors (Lipinski definition) is 4. The van der Waals surface area contributed by atoms with E-state index in [-0.39, 0.29) is 94.5 Å². The second kappa shape index (κ2) is 57.3. The number of hydrogen-bond acceptors (Lipinski definition) is 14. The number of H-pyrrole nitrogens is 1. The van der Waals surface area contributed by atoms with Crippen LogP contribution < -0.4 is 61.4 Å². The molecule has 0 bridgehead atoms. The summed E-state index contributed by atoms with van der Waals surface area (Å²) in [6.07, 6.45) is 6.08. The maximum absolute atomic E-state index is 12.0. The molecule has 1 aliphatic rings. The molecule has 5 N–H and O–H groups in total. The molecule has 5 rings (SSSR count). The second-order valence-electron chi connectivity index (χ2n) is 18.0. The van der Waals surface area contributed by atoms with Crippen LogP contribution in [0, 0.1) is 31.1 Å². The van der Waals surface area contributed by atoms with E-state index in [1.807, 2.05) is 53.0 Å². The highest BCUT2D eigenvalue weighted by Crippen LogP contribution is 2.13. The molecule has 3 unspecified atom stereocenters. The highest BCUT2D eigenvalue weighted by molar-refractivity contribution is 14.0. The smallest absolute Gasteiger partial charge is 0.335 e. The number of nitrogens with one attached hydrogen (secondary N) is 3. The van der Waals surface area contributed by atoms with Crippen molar-refractivity contribution in [1.82, 2.24) is 51.8 Å². The Kier molecular flexibility index (Phi) is 48.5. The van der Waals surface area contributed by atoms with Crippen molar-refractivity contribution in [3.05, 3.63) is 154 Å². The average molecular weight is 1570 g/mol. The fourth-order valence-corrected chi connectivity index (χ4v) is 8.95. The molecule has 0 aromatic carbocycles. The number of carbonyl (C=O) groups excluding carboxylic acids is 6. The lowest BCUT2D eigenvalue weighted by atomic mass is 10.1. The Labute approximate surface area is 606 Å². The number of aryl methyl sites for hydroxylation is 2. The molecule has 0 radical (unpaired) electrons. The minimum atomic E-state index is -0.617. The number of ketones is 2. The molecule has 0 aliphatic carbocycles. The normalized spacial score (nSPS) is 11.3. The molecule has 26 nitrogen and oxygen atoms in total. The fourth-order valence-electron chi connectivity index (χ4n) is 6.26. The largest absolute Gasteiger partial charge is 0.352 e. The molecule has 542 valence electrons. The maximum atomic E-state index is 12.0. The van der Waals surface area contributed by atoms with Crippen LogP contribution in [0.15, 0.2) is 86.9 Å². The van der Waals surface area contributed by atoms with Crippen molar-refractivity contribution in [3.63, 3.8) is 0 Å². The van der Waals surface area contributed by atoms with E-state index in [1.165, 1.54) is 74.9 Å². The molecule has 33 heteroatoms. The van der Waals surface area contributed by atoms with E-state index in [0.29, 0.717) is 63.2 Å². The molecule has 0 spiro atoms. The number of primary amides is 1. The van der Waals surface area contributed by atoms with Crippen LogP contribution in [0.4, 0.5) is 9.59 Å². The second-order valence-corrected chi connectivity index (χ2v) is 22.5. The van der Waals surface area contributed by atoms with Crippen molar-refractivity contribution in [1.29, 1.82) is 0.594 Å². The summed E-state index contributed by atoms with van der Waals surface area (Å²) < 4.78 is 105. The molecule has 3 atom stereocenters. The van der Waals surface area contributed by atoms with Crippen LogP contribution in [-0.4, -0.2) is 124 Å². The summed E-state index contributed by atoms with van der Waals surface area (Å²) >= 11 is 12.5. The van der Waals surface area contributed by atoms with E-state index in [2.05, 4.69) is 60.3 Å². The zero-order chi connectivity index (χ0) is 91.1. The Balaban J connectivity index is -0.0000000514. The number of aromatic nitrogens is 8. The first kappa shape index (κ1) is 78.0. The van der Waals surface area contributed by atoms with Gasteiger partial charge in [-0.05, 0) is 174 Å². The number of rotatable bonds is 14. The van der Waals surface area contributed by atoms with E-state index >= 15 is 0 Å². The van der Waals surface area contributed by atoms with E-state index in [9.17, 15) is 67.1 Å². The number of halogens is 3. The zero-order valence-electron chi connectivity index (χ0n) is 74.4. The lowest BCUT2D eigenvalue weighted by Gasteiger charge is -2.22. The summed E-state index contributed by atoms with van der Waals surface area (Å²) in [5.74, 6) is 6.00. The van der Waals surface area contributed by atoms with Gasteiger partial charge in [0.05, 0.1) is 6.42 Å². The Morgan fingerprint density at radius 2 is 1.11 bits per heavy atom. The predicted molar refractivity (Wildman–Crippen MR) is 421 cm³/mol. The standard InChI is InChI=1S/C12H19N2O2P.C8H13N2O2P.C7H10ClN2O2P.C6H7ClN2O2.C6H8N2O3.C5H8O2.C5H4.C4H8.C3H8N2O.C2H7P.CH4.HI.12H2/c1-5-13-11(15)8-10(7-6-9(2)3)14(17-4)12(13)16;1-4-9-7(11)5-6(2)10(13-3)8(9)12;1-3-9-6(11)4-5(8)10(13-2)7(9)12;1-2-9-5(10)3-4(7)8-6(9)11;1-2-8-5(10)3-4(9)7-6(8)11;1-4(6)3-5(2)7;1-3-5-4-2;1-4(2)3;1-2-5-3(4)6;1-3-2;;;;;;;;;;;;;;/h8,17H,2,5-7H2,1,3-4H3;5,13H,4H2,1-3H3;4,13H,3H2,1-2H3;3H,2H2,1H3,(H,8,11);2-3H2,1H3,(H,7,9,11);3H2,1-2H3;1H,2H3;1H2,2-3H3;2H2,1H3,(H3,4,5,6);3H,1-2H3;1H4;13*1H/i;;;;;;;;;;;;9*1+1D;3*1+1/hD. The van der Waals surface area contributed by atoms with Gasteiger partial charge in [0.15, 0.2) is 0 Å². The summed E-state index contributed by atoms with van der Waals surface area (Å²) in [6, 6.07) is 4.44. The third-order valence-electron chi connectivity index (χ3n) is 9.98. The van der Waals surface area contributed by atoms with Gasteiger partial charge >= 0.3 is 34.8 Å². The number of Topliss-reactive ketones (excluding diaryl/α,β-unsaturated/α-hetero) is 2. The van der Waals surface area contributed by atoms with Gasteiger partial charge in [-0.1, -0.05) is 47.7 Å². The molecule has 92 heavy (non-hydrogen) atoms. The molecule has 4 aromatic rings.